The van der Waals surface area contributed by atoms with Crippen LogP contribution in [0.4, 0.5) is 5.13 Å². The van der Waals surface area contributed by atoms with Crippen molar-refractivity contribution in [2.45, 2.75) is 16.5 Å². The predicted molar refractivity (Wildman–Crippen MR) is 127 cm³/mol. The van der Waals surface area contributed by atoms with Gasteiger partial charge in [-0.25, -0.2) is 13.4 Å². The summed E-state index contributed by atoms with van der Waals surface area (Å²) in [5, 5.41) is 4.67. The van der Waals surface area contributed by atoms with Crippen LogP contribution >= 0.6 is 34.5 Å². The molecular formula is C20H19ClN6O3S3. The Morgan fingerprint density at radius 2 is 1.82 bits per heavy atom. The summed E-state index contributed by atoms with van der Waals surface area (Å²) < 4.78 is 37.5. The van der Waals surface area contributed by atoms with Crippen molar-refractivity contribution >= 4 is 49.6 Å². The maximum atomic E-state index is 13.2. The van der Waals surface area contributed by atoms with Gasteiger partial charge >= 0.3 is 0 Å². The van der Waals surface area contributed by atoms with Crippen molar-refractivity contribution in [3.8, 4) is 10.7 Å². The minimum atomic E-state index is -3.61. The van der Waals surface area contributed by atoms with Crippen LogP contribution in [-0.2, 0) is 22.3 Å². The van der Waals surface area contributed by atoms with Gasteiger partial charge in [-0.3, -0.25) is 0 Å². The molecule has 0 spiro atoms. The van der Waals surface area contributed by atoms with Crippen molar-refractivity contribution in [1.29, 1.82) is 0 Å². The molecule has 9 nitrogen and oxygen atoms in total. The number of aromatic nitrogens is 4. The summed E-state index contributed by atoms with van der Waals surface area (Å²) in [6, 6.07) is 13.4. The highest BCUT2D eigenvalue weighted by atomic mass is 35.5. The number of piperazine rings is 1. The molecule has 5 rings (SSSR count). The second-order valence-corrected chi connectivity index (χ2v) is 11.6. The van der Waals surface area contributed by atoms with Crippen LogP contribution in [-0.4, -0.2) is 58.4 Å². The number of sulfonamides is 1. The lowest BCUT2D eigenvalue weighted by Crippen LogP contribution is -2.48. The molecule has 172 valence electrons. The van der Waals surface area contributed by atoms with E-state index in [1.807, 2.05) is 18.2 Å². The van der Waals surface area contributed by atoms with Crippen molar-refractivity contribution in [3.05, 3.63) is 59.7 Å². The molecule has 0 radical (unpaired) electrons. The number of hydrogen-bond acceptors (Lipinski definition) is 10. The Hall–Kier alpha value is -2.38. The quantitative estimate of drug-likeness (QED) is 0.340. The van der Waals surface area contributed by atoms with Crippen molar-refractivity contribution in [2.24, 2.45) is 0 Å². The van der Waals surface area contributed by atoms with E-state index < -0.39 is 10.0 Å². The molecule has 1 saturated heterocycles. The van der Waals surface area contributed by atoms with Crippen molar-refractivity contribution in [1.82, 2.24) is 23.8 Å². The van der Waals surface area contributed by atoms with Crippen LogP contribution in [0.15, 0.2) is 51.2 Å². The molecule has 1 aromatic carbocycles. The van der Waals surface area contributed by atoms with Crippen LogP contribution in [0.3, 0.4) is 0 Å². The average Bonchev–Trinajstić information content (AvgIpc) is 3.60. The third-order valence-corrected chi connectivity index (χ3v) is 9.64. The van der Waals surface area contributed by atoms with Gasteiger partial charge in [0, 0.05) is 44.1 Å². The molecule has 3 aromatic heterocycles. The van der Waals surface area contributed by atoms with E-state index in [0.29, 0.717) is 49.2 Å². The first-order chi connectivity index (χ1) is 16.0. The fourth-order valence-electron chi connectivity index (χ4n) is 3.46. The number of halogens is 1. The Morgan fingerprint density at radius 3 is 2.55 bits per heavy atom. The molecule has 1 aliphatic heterocycles. The highest BCUT2D eigenvalue weighted by Gasteiger charge is 2.31. The molecule has 1 aliphatic rings. The predicted octanol–water partition coefficient (Wildman–Crippen LogP) is 3.49. The smallest absolute Gasteiger partial charge is 0.252 e. The largest absolute Gasteiger partial charge is 0.344 e. The Labute approximate surface area is 203 Å². The van der Waals surface area contributed by atoms with E-state index in [0.717, 1.165) is 27.9 Å². The fraction of sp³-hybridized carbons (Fsp3) is 0.300. The van der Waals surface area contributed by atoms with Gasteiger partial charge in [0.25, 0.3) is 10.0 Å². The molecule has 0 amide bonds. The van der Waals surface area contributed by atoms with Gasteiger partial charge in [0.1, 0.15) is 15.9 Å². The van der Waals surface area contributed by atoms with Gasteiger partial charge in [-0.2, -0.15) is 13.7 Å². The molecule has 0 N–H and O–H groups in total. The van der Waals surface area contributed by atoms with Crippen LogP contribution in [0.1, 0.15) is 17.3 Å². The minimum Gasteiger partial charge on any atom is -0.344 e. The molecule has 1 fully saturated rings. The zero-order valence-electron chi connectivity index (χ0n) is 17.3. The summed E-state index contributed by atoms with van der Waals surface area (Å²) in [6.07, 6.45) is 0.680. The number of hydrogen-bond donors (Lipinski definition) is 0. The lowest BCUT2D eigenvalue weighted by Gasteiger charge is -2.33. The first kappa shape index (κ1) is 22.4. The van der Waals surface area contributed by atoms with E-state index in [1.54, 1.807) is 12.1 Å². The van der Waals surface area contributed by atoms with Gasteiger partial charge < -0.3 is 9.42 Å². The minimum absolute atomic E-state index is 0.107. The zero-order chi connectivity index (χ0) is 22.8. The molecule has 4 heterocycles. The number of nitrogens with zero attached hydrogens (tertiary/aromatic N) is 6. The van der Waals surface area contributed by atoms with Gasteiger partial charge in [0.05, 0.1) is 4.88 Å². The number of thiophene rings is 1. The maximum Gasteiger partial charge on any atom is 0.252 e. The Bertz CT molecular complexity index is 1330. The number of anilines is 1. The van der Waals surface area contributed by atoms with Gasteiger partial charge in [0.15, 0.2) is 0 Å². The zero-order valence-corrected chi connectivity index (χ0v) is 20.5. The number of rotatable bonds is 7. The van der Waals surface area contributed by atoms with E-state index >= 15 is 0 Å². The summed E-state index contributed by atoms with van der Waals surface area (Å²) in [5.74, 6) is 1.52. The normalized spacial score (nSPS) is 15.2. The average molecular weight is 523 g/mol. The molecule has 13 heteroatoms. The van der Waals surface area contributed by atoms with E-state index in [9.17, 15) is 8.42 Å². The highest BCUT2D eigenvalue weighted by molar-refractivity contribution is 7.91. The molecule has 0 atom stereocenters. The molecule has 0 saturated carbocycles. The van der Waals surface area contributed by atoms with Crippen LogP contribution in [0.25, 0.3) is 10.7 Å². The van der Waals surface area contributed by atoms with Gasteiger partial charge in [-0.05, 0) is 17.7 Å². The first-order valence-corrected chi connectivity index (χ1v) is 13.7. The van der Waals surface area contributed by atoms with E-state index in [4.69, 9.17) is 16.1 Å². The summed E-state index contributed by atoms with van der Waals surface area (Å²) >= 11 is 8.17. The third-order valence-electron chi connectivity index (χ3n) is 5.15. The van der Waals surface area contributed by atoms with Gasteiger partial charge in [0.2, 0.25) is 16.8 Å². The lowest BCUT2D eigenvalue weighted by atomic mass is 10.1. The standard InChI is InChI=1S/C20H19ClN6O3S3/c21-13-17-23-19(24-30-17)15-6-7-18(31-15)33(28,29)27-10-8-26(9-11-27)20-22-16(25-32-20)12-14-4-2-1-3-5-14/h1-7H,8-13H2. The number of alkyl halides is 1. The molecule has 0 unspecified atom stereocenters. The van der Waals surface area contributed by atoms with Crippen molar-refractivity contribution < 1.29 is 12.9 Å². The summed E-state index contributed by atoms with van der Waals surface area (Å²) in [4.78, 5) is 11.5. The van der Waals surface area contributed by atoms with Gasteiger partial charge in [-0.15, -0.1) is 22.9 Å². The molecular weight excluding hydrogens is 504 g/mol. The lowest BCUT2D eigenvalue weighted by molar-refractivity contribution is 0.385. The Balaban J connectivity index is 1.23. The Kier molecular flexibility index (Phi) is 6.43. The molecule has 4 aromatic rings. The third kappa shape index (κ3) is 4.80. The maximum absolute atomic E-state index is 13.2. The van der Waals surface area contributed by atoms with Crippen LogP contribution < -0.4 is 4.90 Å². The molecule has 0 aliphatic carbocycles. The van der Waals surface area contributed by atoms with Crippen LogP contribution in [0.2, 0.25) is 0 Å². The van der Waals surface area contributed by atoms with Gasteiger partial charge in [-0.1, -0.05) is 35.5 Å². The van der Waals surface area contributed by atoms with Crippen LogP contribution in [0, 0.1) is 0 Å². The SMILES string of the molecule is O=S(=O)(c1ccc(-c2noc(CCl)n2)s1)N1CCN(c2nc(Cc3ccccc3)ns2)CC1. The Morgan fingerprint density at radius 1 is 1.03 bits per heavy atom. The first-order valence-electron chi connectivity index (χ1n) is 10.1. The molecule has 33 heavy (non-hydrogen) atoms. The second-order valence-electron chi connectivity index (χ2n) is 7.31. The van der Waals surface area contributed by atoms with Crippen LogP contribution in [0.5, 0.6) is 0 Å². The van der Waals surface area contributed by atoms with E-state index in [1.165, 1.54) is 15.8 Å². The molecule has 0 bridgehead atoms. The topological polar surface area (TPSA) is 105 Å². The summed E-state index contributed by atoms with van der Waals surface area (Å²) in [6.45, 7) is 1.87. The van der Waals surface area contributed by atoms with Crippen molar-refractivity contribution in [2.75, 3.05) is 31.1 Å². The van der Waals surface area contributed by atoms with E-state index in [2.05, 4.69) is 36.5 Å². The monoisotopic (exact) mass is 522 g/mol. The second kappa shape index (κ2) is 9.47. The number of benzene rings is 1. The summed E-state index contributed by atoms with van der Waals surface area (Å²) in [7, 11) is -3.61. The highest BCUT2D eigenvalue weighted by Crippen LogP contribution is 2.32. The fourth-order valence-corrected chi connectivity index (χ4v) is 7.11. The summed E-state index contributed by atoms with van der Waals surface area (Å²) in [5.41, 5.74) is 1.16. The van der Waals surface area contributed by atoms with E-state index in [-0.39, 0.29) is 10.1 Å². The van der Waals surface area contributed by atoms with Crippen molar-refractivity contribution in [3.63, 3.8) is 0 Å².